The first-order valence-corrected chi connectivity index (χ1v) is 8.85. The van der Waals surface area contributed by atoms with Gasteiger partial charge in [-0.25, -0.2) is 8.78 Å². The number of benzene rings is 2. The van der Waals surface area contributed by atoms with Crippen molar-refractivity contribution in [1.29, 1.82) is 0 Å². The van der Waals surface area contributed by atoms with Gasteiger partial charge in [0.1, 0.15) is 5.83 Å². The van der Waals surface area contributed by atoms with Gasteiger partial charge in [0.15, 0.2) is 5.83 Å². The average Bonchev–Trinajstić information content (AvgIpc) is 2.61. The molecule has 0 atom stereocenters. The van der Waals surface area contributed by atoms with E-state index in [9.17, 15) is 8.78 Å². The van der Waals surface area contributed by atoms with Gasteiger partial charge < -0.3 is 0 Å². The zero-order valence-corrected chi connectivity index (χ0v) is 14.6. The minimum atomic E-state index is -0.723. The van der Waals surface area contributed by atoms with Crippen LogP contribution in [0.5, 0.6) is 0 Å². The van der Waals surface area contributed by atoms with E-state index in [4.69, 9.17) is 0 Å². The summed E-state index contributed by atoms with van der Waals surface area (Å²) in [5.41, 5.74) is 4.01. The van der Waals surface area contributed by atoms with Crippen molar-refractivity contribution in [2.75, 3.05) is 0 Å². The van der Waals surface area contributed by atoms with Crippen LogP contribution in [0.1, 0.15) is 61.8 Å². The number of hydrogen-bond donors (Lipinski definition) is 0. The summed E-state index contributed by atoms with van der Waals surface area (Å²) < 4.78 is 27.8. The molecule has 0 fully saturated rings. The summed E-state index contributed by atoms with van der Waals surface area (Å²) >= 11 is 0. The van der Waals surface area contributed by atoms with Gasteiger partial charge in [-0.1, -0.05) is 75.2 Å². The largest absolute Gasteiger partial charge is 0.209 e. The number of hydrogen-bond acceptors (Lipinski definition) is 0. The molecule has 0 saturated carbocycles. The Balaban J connectivity index is 2.03. The minimum absolute atomic E-state index is 0.175. The highest BCUT2D eigenvalue weighted by Gasteiger charge is 2.08. The summed E-state index contributed by atoms with van der Waals surface area (Å²) in [6, 6.07) is 15.7. The van der Waals surface area contributed by atoms with Crippen LogP contribution in [0.15, 0.2) is 54.4 Å². The lowest BCUT2D eigenvalue weighted by Gasteiger charge is -2.06. The van der Waals surface area contributed by atoms with Gasteiger partial charge in [0.2, 0.25) is 0 Å². The lowest BCUT2D eigenvalue weighted by atomic mass is 10.0. The first-order chi connectivity index (χ1) is 11.6. The molecule has 0 heterocycles. The van der Waals surface area contributed by atoms with E-state index in [0.717, 1.165) is 31.2 Å². The second-order valence-corrected chi connectivity index (χ2v) is 6.26. The molecule has 0 aliphatic heterocycles. The Hall–Kier alpha value is -1.96. The molecule has 0 unspecified atom stereocenters. The van der Waals surface area contributed by atoms with Crippen LogP contribution in [0.2, 0.25) is 0 Å². The van der Waals surface area contributed by atoms with Crippen LogP contribution < -0.4 is 0 Å². The van der Waals surface area contributed by atoms with E-state index >= 15 is 0 Å². The quantitative estimate of drug-likeness (QED) is 0.488. The van der Waals surface area contributed by atoms with Crippen molar-refractivity contribution in [2.24, 2.45) is 0 Å². The van der Waals surface area contributed by atoms with Gasteiger partial charge in [-0.15, -0.1) is 0 Å². The molecule has 0 saturated heterocycles. The van der Waals surface area contributed by atoms with Crippen LogP contribution in [0.25, 0.3) is 5.83 Å². The fraction of sp³-hybridized carbons (Fsp3) is 0.364. The number of halogens is 2. The molecule has 0 aromatic heterocycles. The lowest BCUT2D eigenvalue weighted by molar-refractivity contribution is 0.548. The zero-order chi connectivity index (χ0) is 17.4. The van der Waals surface area contributed by atoms with Crippen molar-refractivity contribution < 1.29 is 8.78 Å². The molecule has 2 aromatic rings. The first-order valence-electron chi connectivity index (χ1n) is 8.85. The van der Waals surface area contributed by atoms with Gasteiger partial charge in [0.05, 0.1) is 0 Å². The summed E-state index contributed by atoms with van der Waals surface area (Å²) in [4.78, 5) is 0. The van der Waals surface area contributed by atoms with E-state index < -0.39 is 11.7 Å². The molecule has 24 heavy (non-hydrogen) atoms. The van der Waals surface area contributed by atoms with Crippen LogP contribution in [-0.4, -0.2) is 0 Å². The smallest absolute Gasteiger partial charge is 0.161 e. The normalized spacial score (nSPS) is 12.2. The predicted octanol–water partition coefficient (Wildman–Crippen LogP) is 7.03. The first kappa shape index (κ1) is 18.4. The van der Waals surface area contributed by atoms with Crippen LogP contribution >= 0.6 is 0 Å². The van der Waals surface area contributed by atoms with Gasteiger partial charge >= 0.3 is 0 Å². The van der Waals surface area contributed by atoms with Gasteiger partial charge in [-0.05, 0) is 36.0 Å². The van der Waals surface area contributed by atoms with Crippen molar-refractivity contribution in [3.8, 4) is 0 Å². The summed E-state index contributed by atoms with van der Waals surface area (Å²) in [7, 11) is 0. The van der Waals surface area contributed by atoms with Crippen molar-refractivity contribution in [1.82, 2.24) is 0 Å². The highest BCUT2D eigenvalue weighted by molar-refractivity contribution is 5.61. The summed E-state index contributed by atoms with van der Waals surface area (Å²) in [6.07, 6.45) is 4.76. The summed E-state index contributed by atoms with van der Waals surface area (Å²) in [6.45, 7) is 4.14. The van der Waals surface area contributed by atoms with E-state index in [1.165, 1.54) is 11.1 Å². The van der Waals surface area contributed by atoms with E-state index in [-0.39, 0.29) is 6.42 Å². The van der Waals surface area contributed by atoms with Crippen LogP contribution in [0.4, 0.5) is 8.78 Å². The third kappa shape index (κ3) is 5.30. The molecule has 2 heteroatoms. The Morgan fingerprint density at radius 1 is 0.750 bits per heavy atom. The Bertz CT molecular complexity index is 651. The maximum Gasteiger partial charge on any atom is 0.161 e. The Morgan fingerprint density at radius 2 is 1.29 bits per heavy atom. The lowest BCUT2D eigenvalue weighted by Crippen LogP contribution is -1.91. The number of aryl methyl sites for hydroxylation is 1. The number of allylic oxidation sites excluding steroid dienone is 1. The third-order valence-electron chi connectivity index (χ3n) is 4.17. The monoisotopic (exact) mass is 328 g/mol. The van der Waals surface area contributed by atoms with Crippen LogP contribution in [-0.2, 0) is 12.8 Å². The maximum absolute atomic E-state index is 14.0. The van der Waals surface area contributed by atoms with Gasteiger partial charge in [0, 0.05) is 12.0 Å². The third-order valence-corrected chi connectivity index (χ3v) is 4.17. The fourth-order valence-corrected chi connectivity index (χ4v) is 2.72. The van der Waals surface area contributed by atoms with E-state index in [2.05, 4.69) is 31.2 Å². The highest BCUT2D eigenvalue weighted by atomic mass is 19.2. The summed E-state index contributed by atoms with van der Waals surface area (Å²) in [5.74, 6) is -1.37. The number of rotatable bonds is 8. The molecule has 0 amide bonds. The Morgan fingerprint density at radius 3 is 1.83 bits per heavy atom. The van der Waals surface area contributed by atoms with Gasteiger partial charge in [0.25, 0.3) is 0 Å². The molecule has 0 radical (unpaired) electrons. The van der Waals surface area contributed by atoms with Crippen LogP contribution in [0.3, 0.4) is 0 Å². The Kier molecular flexibility index (Phi) is 7.17. The maximum atomic E-state index is 14.0. The molecule has 0 nitrogen and oxygen atoms in total. The van der Waals surface area contributed by atoms with Gasteiger partial charge in [-0.2, -0.15) is 0 Å². The molecule has 0 aliphatic carbocycles. The van der Waals surface area contributed by atoms with Crippen molar-refractivity contribution in [3.63, 3.8) is 0 Å². The summed E-state index contributed by atoms with van der Waals surface area (Å²) in [5, 5.41) is 0. The van der Waals surface area contributed by atoms with E-state index in [0.29, 0.717) is 12.0 Å². The standard InChI is InChI=1S/C22H26F2/c1-3-5-7-21(23)22(24)20-14-12-19(13-15-20)16-18-10-8-17(6-4-2)9-11-18/h8-15H,3-7,16H2,1-2H3. The average molecular weight is 328 g/mol. The highest BCUT2D eigenvalue weighted by Crippen LogP contribution is 2.25. The van der Waals surface area contributed by atoms with Crippen molar-refractivity contribution >= 4 is 5.83 Å². The fourth-order valence-electron chi connectivity index (χ4n) is 2.72. The SMILES string of the molecule is CCCCC(F)=C(F)c1ccc(Cc2ccc(CCC)cc2)cc1. The molecule has 2 aromatic carbocycles. The zero-order valence-electron chi connectivity index (χ0n) is 14.6. The second-order valence-electron chi connectivity index (χ2n) is 6.26. The van der Waals surface area contributed by atoms with Crippen molar-refractivity contribution in [2.45, 2.75) is 52.4 Å². The van der Waals surface area contributed by atoms with Gasteiger partial charge in [-0.3, -0.25) is 0 Å². The Labute approximate surface area is 144 Å². The predicted molar refractivity (Wildman–Crippen MR) is 98.3 cm³/mol. The minimum Gasteiger partial charge on any atom is -0.209 e. The molecule has 0 spiro atoms. The molecule has 0 N–H and O–H groups in total. The molecule has 0 bridgehead atoms. The van der Waals surface area contributed by atoms with E-state index in [1.54, 1.807) is 12.1 Å². The molecule has 2 rings (SSSR count). The molecule has 0 aliphatic rings. The van der Waals surface area contributed by atoms with Crippen LogP contribution in [0, 0.1) is 0 Å². The number of unbranched alkanes of at least 4 members (excludes halogenated alkanes) is 1. The molecular weight excluding hydrogens is 302 g/mol. The topological polar surface area (TPSA) is 0 Å². The van der Waals surface area contributed by atoms with Crippen molar-refractivity contribution in [3.05, 3.63) is 76.6 Å². The van der Waals surface area contributed by atoms with E-state index in [1.807, 2.05) is 19.1 Å². The second kappa shape index (κ2) is 9.36. The molecule has 128 valence electrons. The molecular formula is C22H26F2.